The van der Waals surface area contributed by atoms with Crippen LogP contribution < -0.4 is 4.72 Å². The molecule has 0 radical (unpaired) electrons. The van der Waals surface area contributed by atoms with Crippen LogP contribution in [0.2, 0.25) is 0 Å². The maximum atomic E-state index is 12.3. The number of rotatable bonds is 7. The van der Waals surface area contributed by atoms with E-state index in [1.165, 1.54) is 12.1 Å². The summed E-state index contributed by atoms with van der Waals surface area (Å²) in [6.07, 6.45) is -0.614. The molecular formula is C14H23NO4S. The minimum atomic E-state index is -3.58. The molecule has 5 nitrogen and oxygen atoms in total. The van der Waals surface area contributed by atoms with E-state index in [0.29, 0.717) is 12.2 Å². The molecule has 114 valence electrons. The molecule has 2 N–H and O–H groups in total. The fraction of sp³-hybridized carbons (Fsp3) is 0.571. The van der Waals surface area contributed by atoms with Gasteiger partial charge in [-0.2, -0.15) is 0 Å². The van der Waals surface area contributed by atoms with E-state index in [0.717, 1.165) is 0 Å². The molecule has 0 bridgehead atoms. The van der Waals surface area contributed by atoms with Crippen LogP contribution in [0.3, 0.4) is 0 Å². The minimum absolute atomic E-state index is 0.126. The smallest absolute Gasteiger partial charge is 0.240 e. The first kappa shape index (κ1) is 17.1. The molecule has 0 heterocycles. The number of nitrogens with one attached hydrogen (secondary N) is 1. The molecule has 20 heavy (non-hydrogen) atoms. The second-order valence-corrected chi connectivity index (χ2v) is 6.89. The van der Waals surface area contributed by atoms with E-state index < -0.39 is 16.1 Å². The number of sulfonamides is 1. The molecule has 6 heteroatoms. The van der Waals surface area contributed by atoms with Gasteiger partial charge in [-0.25, -0.2) is 13.1 Å². The van der Waals surface area contributed by atoms with Gasteiger partial charge in [-0.3, -0.25) is 0 Å². The van der Waals surface area contributed by atoms with Gasteiger partial charge in [0.15, 0.2) is 0 Å². The van der Waals surface area contributed by atoms with E-state index in [9.17, 15) is 13.5 Å². The molecule has 0 spiro atoms. The van der Waals surface area contributed by atoms with Gasteiger partial charge in [-0.05, 0) is 30.5 Å². The fourth-order valence-corrected chi connectivity index (χ4v) is 3.10. The van der Waals surface area contributed by atoms with Crippen molar-refractivity contribution in [3.8, 4) is 0 Å². The number of ether oxygens (including phenoxy) is 1. The maximum Gasteiger partial charge on any atom is 0.240 e. The number of aliphatic hydroxyl groups excluding tert-OH is 1. The lowest BCUT2D eigenvalue weighted by Crippen LogP contribution is -2.41. The predicted octanol–water partition coefficient (Wildman–Crippen LogP) is 1.69. The molecule has 1 aromatic rings. The SMILES string of the molecule is COCC(NS(=O)(=O)c1ccc(C(C)O)cc1)C(C)C. The average molecular weight is 301 g/mol. The van der Waals surface area contributed by atoms with Gasteiger partial charge in [-0.15, -0.1) is 0 Å². The quantitative estimate of drug-likeness (QED) is 0.803. The van der Waals surface area contributed by atoms with E-state index in [4.69, 9.17) is 4.74 Å². The molecule has 1 rings (SSSR count). The molecule has 2 unspecified atom stereocenters. The topological polar surface area (TPSA) is 75.6 Å². The van der Waals surface area contributed by atoms with Crippen LogP contribution in [0.1, 0.15) is 32.4 Å². The zero-order valence-electron chi connectivity index (χ0n) is 12.3. The summed E-state index contributed by atoms with van der Waals surface area (Å²) in [6.45, 7) is 5.82. The van der Waals surface area contributed by atoms with Crippen LogP contribution >= 0.6 is 0 Å². The molecule has 0 aliphatic carbocycles. The van der Waals surface area contributed by atoms with Gasteiger partial charge in [0.25, 0.3) is 0 Å². The van der Waals surface area contributed by atoms with Crippen LogP contribution in [0.4, 0.5) is 0 Å². The van der Waals surface area contributed by atoms with Crippen LogP contribution in [0.25, 0.3) is 0 Å². The Kier molecular flexibility index (Phi) is 6.13. The van der Waals surface area contributed by atoms with Crippen molar-refractivity contribution < 1.29 is 18.3 Å². The molecule has 0 amide bonds. The molecule has 0 saturated carbocycles. The van der Waals surface area contributed by atoms with Crippen molar-refractivity contribution >= 4 is 10.0 Å². The molecular weight excluding hydrogens is 278 g/mol. The zero-order valence-corrected chi connectivity index (χ0v) is 13.1. The summed E-state index contributed by atoms with van der Waals surface area (Å²) in [5.74, 6) is 0.126. The third-order valence-electron chi connectivity index (χ3n) is 3.13. The Morgan fingerprint density at radius 3 is 2.15 bits per heavy atom. The average Bonchev–Trinajstić information content (AvgIpc) is 2.38. The molecule has 0 fully saturated rings. The number of hydrogen-bond donors (Lipinski definition) is 2. The molecule has 0 aliphatic rings. The second kappa shape index (κ2) is 7.17. The summed E-state index contributed by atoms with van der Waals surface area (Å²) in [5, 5.41) is 9.42. The maximum absolute atomic E-state index is 12.3. The van der Waals surface area contributed by atoms with Gasteiger partial charge < -0.3 is 9.84 Å². The summed E-state index contributed by atoms with van der Waals surface area (Å²) in [6, 6.07) is 5.93. The first-order valence-corrected chi connectivity index (χ1v) is 8.05. The standard InChI is InChI=1S/C14H23NO4S/c1-10(2)14(9-19-4)15-20(17,18)13-7-5-12(6-8-13)11(3)16/h5-8,10-11,14-16H,9H2,1-4H3. The normalized spacial score (nSPS) is 15.3. The van der Waals surface area contributed by atoms with Crippen molar-refractivity contribution in [1.29, 1.82) is 0 Å². The summed E-state index contributed by atoms with van der Waals surface area (Å²) < 4.78 is 32.2. The van der Waals surface area contributed by atoms with E-state index >= 15 is 0 Å². The monoisotopic (exact) mass is 301 g/mol. The number of aliphatic hydroxyl groups is 1. The van der Waals surface area contributed by atoms with Crippen LogP contribution in [-0.4, -0.2) is 33.3 Å². The van der Waals surface area contributed by atoms with Crippen molar-refractivity contribution in [2.75, 3.05) is 13.7 Å². The second-order valence-electron chi connectivity index (χ2n) is 5.17. The third-order valence-corrected chi connectivity index (χ3v) is 4.64. The lowest BCUT2D eigenvalue weighted by Gasteiger charge is -2.21. The van der Waals surface area contributed by atoms with Crippen LogP contribution in [-0.2, 0) is 14.8 Å². The summed E-state index contributed by atoms with van der Waals surface area (Å²) >= 11 is 0. The minimum Gasteiger partial charge on any atom is -0.389 e. The van der Waals surface area contributed by atoms with Crippen molar-refractivity contribution in [1.82, 2.24) is 4.72 Å². The highest BCUT2D eigenvalue weighted by Gasteiger charge is 2.22. The van der Waals surface area contributed by atoms with Crippen LogP contribution in [0, 0.1) is 5.92 Å². The Labute approximate surface area is 121 Å². The van der Waals surface area contributed by atoms with Gasteiger partial charge in [0.1, 0.15) is 0 Å². The third kappa shape index (κ3) is 4.56. The molecule has 0 saturated heterocycles. The first-order chi connectivity index (χ1) is 9.27. The van der Waals surface area contributed by atoms with Crippen molar-refractivity contribution in [2.45, 2.75) is 37.8 Å². The van der Waals surface area contributed by atoms with Crippen LogP contribution in [0.15, 0.2) is 29.2 Å². The van der Waals surface area contributed by atoms with Gasteiger partial charge in [-0.1, -0.05) is 26.0 Å². The molecule has 0 aromatic heterocycles. The van der Waals surface area contributed by atoms with Gasteiger partial charge in [0.2, 0.25) is 10.0 Å². The van der Waals surface area contributed by atoms with E-state index in [-0.39, 0.29) is 16.9 Å². The van der Waals surface area contributed by atoms with Gasteiger partial charge >= 0.3 is 0 Å². The highest BCUT2D eigenvalue weighted by atomic mass is 32.2. The summed E-state index contributed by atoms with van der Waals surface area (Å²) in [5.41, 5.74) is 0.682. The Hall–Kier alpha value is -0.950. The van der Waals surface area contributed by atoms with Gasteiger partial charge in [0, 0.05) is 13.2 Å². The Morgan fingerprint density at radius 1 is 1.20 bits per heavy atom. The summed E-state index contributed by atoms with van der Waals surface area (Å²) in [7, 11) is -2.04. The molecule has 0 aliphatic heterocycles. The zero-order chi connectivity index (χ0) is 15.3. The van der Waals surface area contributed by atoms with Crippen molar-refractivity contribution in [3.63, 3.8) is 0 Å². The van der Waals surface area contributed by atoms with E-state index in [1.807, 2.05) is 13.8 Å². The van der Waals surface area contributed by atoms with Crippen molar-refractivity contribution in [3.05, 3.63) is 29.8 Å². The van der Waals surface area contributed by atoms with Crippen LogP contribution in [0.5, 0.6) is 0 Å². The van der Waals surface area contributed by atoms with E-state index in [2.05, 4.69) is 4.72 Å². The Morgan fingerprint density at radius 2 is 1.75 bits per heavy atom. The predicted molar refractivity (Wildman–Crippen MR) is 77.9 cm³/mol. The lowest BCUT2D eigenvalue weighted by molar-refractivity contribution is 0.157. The molecule has 1 aromatic carbocycles. The molecule has 2 atom stereocenters. The summed E-state index contributed by atoms with van der Waals surface area (Å²) in [4.78, 5) is 0.184. The first-order valence-electron chi connectivity index (χ1n) is 6.57. The fourth-order valence-electron chi connectivity index (χ4n) is 1.73. The van der Waals surface area contributed by atoms with E-state index in [1.54, 1.807) is 26.2 Å². The number of hydrogen-bond acceptors (Lipinski definition) is 4. The highest BCUT2D eigenvalue weighted by Crippen LogP contribution is 2.17. The Bertz CT molecular complexity index is 508. The lowest BCUT2D eigenvalue weighted by atomic mass is 10.1. The highest BCUT2D eigenvalue weighted by molar-refractivity contribution is 7.89. The van der Waals surface area contributed by atoms with Crippen molar-refractivity contribution in [2.24, 2.45) is 5.92 Å². The Balaban J connectivity index is 2.92. The largest absolute Gasteiger partial charge is 0.389 e. The van der Waals surface area contributed by atoms with Gasteiger partial charge in [0.05, 0.1) is 17.6 Å². The number of methoxy groups -OCH3 is 1. The number of benzene rings is 1.